The summed E-state index contributed by atoms with van der Waals surface area (Å²) in [5.74, 6) is 5.71. The summed E-state index contributed by atoms with van der Waals surface area (Å²) in [5, 5.41) is 0. The van der Waals surface area contributed by atoms with E-state index in [-0.39, 0.29) is 18.0 Å². The average Bonchev–Trinajstić information content (AvgIpc) is 2.75. The van der Waals surface area contributed by atoms with Gasteiger partial charge >= 0.3 is 6.16 Å². The molecule has 1 atom stereocenters. The van der Waals surface area contributed by atoms with Crippen LogP contribution in [0.15, 0.2) is 71.1 Å². The molecule has 0 aromatic heterocycles. The van der Waals surface area contributed by atoms with E-state index in [1.165, 1.54) is 11.4 Å². The van der Waals surface area contributed by atoms with E-state index in [1.54, 1.807) is 48.5 Å². The second-order valence-corrected chi connectivity index (χ2v) is 9.01. The van der Waals surface area contributed by atoms with Gasteiger partial charge in [0.05, 0.1) is 18.6 Å². The number of carbonyl (C=O) groups is 1. The maximum atomic E-state index is 13.1. The molecule has 2 aromatic rings. The molecule has 7 heteroatoms. The molecule has 1 unspecified atom stereocenters. The third-order valence-electron chi connectivity index (χ3n) is 4.33. The maximum Gasteiger partial charge on any atom is 0.509 e. The SMILES string of the molecule is COC(=O)OC(C#CCN(CC=C(C)C)S(=O)(=O)c1ccc(C)cc1)c1ccccc1. The molecule has 2 rings (SSSR count). The topological polar surface area (TPSA) is 72.9 Å². The molecule has 31 heavy (non-hydrogen) atoms. The zero-order valence-corrected chi connectivity index (χ0v) is 19.0. The van der Waals surface area contributed by atoms with Gasteiger partial charge in [0, 0.05) is 12.1 Å². The van der Waals surface area contributed by atoms with Crippen molar-refractivity contribution in [1.82, 2.24) is 4.31 Å². The van der Waals surface area contributed by atoms with Crippen molar-refractivity contribution in [2.45, 2.75) is 31.8 Å². The van der Waals surface area contributed by atoms with Crippen molar-refractivity contribution in [1.29, 1.82) is 0 Å². The molecule has 0 bridgehead atoms. The zero-order valence-electron chi connectivity index (χ0n) is 18.2. The first-order valence-corrected chi connectivity index (χ1v) is 11.2. The molecule has 0 aliphatic heterocycles. The number of carbonyl (C=O) groups excluding carboxylic acids is 1. The Morgan fingerprint density at radius 1 is 1.10 bits per heavy atom. The van der Waals surface area contributed by atoms with Crippen LogP contribution in [0.1, 0.15) is 31.1 Å². The monoisotopic (exact) mass is 441 g/mol. The second kappa shape index (κ2) is 11.3. The number of hydrogen-bond acceptors (Lipinski definition) is 5. The lowest BCUT2D eigenvalue weighted by Crippen LogP contribution is -2.32. The van der Waals surface area contributed by atoms with E-state index >= 15 is 0 Å². The molecule has 0 saturated carbocycles. The smallest absolute Gasteiger partial charge is 0.438 e. The molecular formula is C24H27NO5S. The normalized spacial score (nSPS) is 11.8. The molecule has 0 aliphatic carbocycles. The van der Waals surface area contributed by atoms with Gasteiger partial charge in [0.15, 0.2) is 6.10 Å². The Kier molecular flexibility index (Phi) is 8.86. The number of aryl methyl sites for hydroxylation is 1. The van der Waals surface area contributed by atoms with Crippen molar-refractivity contribution in [2.24, 2.45) is 0 Å². The molecular weight excluding hydrogens is 414 g/mol. The first-order chi connectivity index (χ1) is 14.7. The highest BCUT2D eigenvalue weighted by Crippen LogP contribution is 2.18. The van der Waals surface area contributed by atoms with Crippen molar-refractivity contribution < 1.29 is 22.7 Å². The summed E-state index contributed by atoms with van der Waals surface area (Å²) in [5.41, 5.74) is 2.63. The Labute approximate surface area is 184 Å². The lowest BCUT2D eigenvalue weighted by molar-refractivity contribution is 0.0549. The predicted octanol–water partition coefficient (Wildman–Crippen LogP) is 4.48. The fourth-order valence-corrected chi connectivity index (χ4v) is 3.85. The third-order valence-corrected chi connectivity index (χ3v) is 6.16. The van der Waals surface area contributed by atoms with E-state index < -0.39 is 22.3 Å². The first-order valence-electron chi connectivity index (χ1n) is 9.72. The minimum absolute atomic E-state index is 0.0617. The number of benzene rings is 2. The third kappa shape index (κ3) is 7.28. The quantitative estimate of drug-likeness (QED) is 0.360. The van der Waals surface area contributed by atoms with E-state index in [4.69, 9.17) is 4.74 Å². The van der Waals surface area contributed by atoms with E-state index in [9.17, 15) is 13.2 Å². The Morgan fingerprint density at radius 3 is 2.32 bits per heavy atom. The Hall–Kier alpha value is -3.08. The summed E-state index contributed by atoms with van der Waals surface area (Å²) in [7, 11) is -2.53. The number of sulfonamides is 1. The van der Waals surface area contributed by atoms with Gasteiger partial charge in [0.25, 0.3) is 0 Å². The van der Waals surface area contributed by atoms with Gasteiger partial charge in [0.1, 0.15) is 0 Å². The minimum Gasteiger partial charge on any atom is -0.438 e. The Bertz CT molecular complexity index is 1060. The van der Waals surface area contributed by atoms with Crippen LogP contribution in [0.25, 0.3) is 0 Å². The van der Waals surface area contributed by atoms with Gasteiger partial charge in [-0.25, -0.2) is 13.2 Å². The number of hydrogen-bond donors (Lipinski definition) is 0. The van der Waals surface area contributed by atoms with Gasteiger partial charge in [-0.15, -0.1) is 0 Å². The average molecular weight is 442 g/mol. The molecule has 0 radical (unpaired) electrons. The summed E-state index contributed by atoms with van der Waals surface area (Å²) in [4.78, 5) is 11.8. The van der Waals surface area contributed by atoms with Crippen LogP contribution in [0.3, 0.4) is 0 Å². The van der Waals surface area contributed by atoms with Crippen LogP contribution in [-0.4, -0.2) is 39.1 Å². The number of ether oxygens (including phenoxy) is 2. The molecule has 0 saturated heterocycles. The van der Waals surface area contributed by atoms with E-state index in [0.717, 1.165) is 11.1 Å². The molecule has 0 spiro atoms. The van der Waals surface area contributed by atoms with Crippen molar-refractivity contribution in [3.8, 4) is 11.8 Å². The van der Waals surface area contributed by atoms with Crippen molar-refractivity contribution in [3.63, 3.8) is 0 Å². The number of allylic oxidation sites excluding steroid dienone is 1. The van der Waals surface area contributed by atoms with E-state index in [1.807, 2.05) is 32.9 Å². The van der Waals surface area contributed by atoms with Gasteiger partial charge in [-0.2, -0.15) is 4.31 Å². The van der Waals surface area contributed by atoms with Gasteiger partial charge in [-0.1, -0.05) is 71.5 Å². The molecule has 0 fully saturated rings. The van der Waals surface area contributed by atoms with Crippen LogP contribution in [-0.2, 0) is 19.5 Å². The number of rotatable bonds is 7. The summed E-state index contributed by atoms with van der Waals surface area (Å²) < 4.78 is 37.4. The summed E-state index contributed by atoms with van der Waals surface area (Å²) in [6.07, 6.45) is 0.0883. The summed E-state index contributed by atoms with van der Waals surface area (Å²) in [6.45, 7) is 5.82. The van der Waals surface area contributed by atoms with Crippen LogP contribution < -0.4 is 0 Å². The van der Waals surface area contributed by atoms with Crippen LogP contribution in [0.2, 0.25) is 0 Å². The van der Waals surface area contributed by atoms with Crippen molar-refractivity contribution in [3.05, 3.63) is 77.4 Å². The van der Waals surface area contributed by atoms with E-state index in [0.29, 0.717) is 5.56 Å². The molecule has 164 valence electrons. The zero-order chi connectivity index (χ0) is 22.9. The van der Waals surface area contributed by atoms with Crippen LogP contribution in [0.5, 0.6) is 0 Å². The van der Waals surface area contributed by atoms with Gasteiger partial charge in [0.2, 0.25) is 10.0 Å². The minimum atomic E-state index is -3.75. The van der Waals surface area contributed by atoms with Gasteiger partial charge < -0.3 is 9.47 Å². The summed E-state index contributed by atoms with van der Waals surface area (Å²) in [6, 6.07) is 15.7. The largest absolute Gasteiger partial charge is 0.509 e. The molecule has 6 nitrogen and oxygen atoms in total. The molecule has 0 amide bonds. The van der Waals surface area contributed by atoms with Crippen LogP contribution >= 0.6 is 0 Å². The van der Waals surface area contributed by atoms with Crippen LogP contribution in [0, 0.1) is 18.8 Å². The fraction of sp³-hybridized carbons (Fsp3) is 0.292. The number of nitrogens with zero attached hydrogens (tertiary/aromatic N) is 1. The van der Waals surface area contributed by atoms with Crippen molar-refractivity contribution in [2.75, 3.05) is 20.2 Å². The highest BCUT2D eigenvalue weighted by Gasteiger charge is 2.23. The lowest BCUT2D eigenvalue weighted by Gasteiger charge is -2.19. The Morgan fingerprint density at radius 2 is 1.74 bits per heavy atom. The van der Waals surface area contributed by atoms with Crippen LogP contribution in [0.4, 0.5) is 4.79 Å². The molecule has 2 aromatic carbocycles. The van der Waals surface area contributed by atoms with Gasteiger partial charge in [-0.05, 0) is 32.9 Å². The van der Waals surface area contributed by atoms with E-state index in [2.05, 4.69) is 16.6 Å². The molecule has 0 N–H and O–H groups in total. The highest BCUT2D eigenvalue weighted by atomic mass is 32.2. The second-order valence-electron chi connectivity index (χ2n) is 7.08. The highest BCUT2D eigenvalue weighted by molar-refractivity contribution is 7.89. The Balaban J connectivity index is 2.32. The first kappa shape index (κ1) is 24.2. The maximum absolute atomic E-state index is 13.1. The lowest BCUT2D eigenvalue weighted by atomic mass is 10.1. The van der Waals surface area contributed by atoms with Gasteiger partial charge in [-0.3, -0.25) is 0 Å². The molecule has 0 aliphatic rings. The molecule has 0 heterocycles. The summed E-state index contributed by atoms with van der Waals surface area (Å²) >= 11 is 0. The fourth-order valence-electron chi connectivity index (χ4n) is 2.57. The standard InChI is InChI=1S/C24H27NO5S/c1-19(2)16-18-25(31(27,28)22-14-12-20(3)13-15-22)17-8-11-23(30-24(26)29-4)21-9-6-5-7-10-21/h5-7,9-10,12-16,23H,17-18H2,1-4H3. The van der Waals surface area contributed by atoms with Crippen molar-refractivity contribution >= 4 is 16.2 Å². The number of methoxy groups -OCH3 is 1. The predicted molar refractivity (Wildman–Crippen MR) is 120 cm³/mol.